The predicted molar refractivity (Wildman–Crippen MR) is 82.5 cm³/mol. The van der Waals surface area contributed by atoms with E-state index in [0.29, 0.717) is 0 Å². The van der Waals surface area contributed by atoms with E-state index in [-0.39, 0.29) is 24.1 Å². The molecule has 0 aromatic rings. The van der Waals surface area contributed by atoms with Gasteiger partial charge in [-0.15, -0.1) is 0 Å². The summed E-state index contributed by atoms with van der Waals surface area (Å²) in [6.45, 7) is 9.53. The summed E-state index contributed by atoms with van der Waals surface area (Å²) in [5, 5.41) is 0. The molecule has 4 atom stereocenters. The zero-order valence-electron chi connectivity index (χ0n) is 13.1. The Morgan fingerprint density at radius 3 is 2.86 bits per heavy atom. The van der Waals surface area contributed by atoms with Gasteiger partial charge in [-0.2, -0.15) is 0 Å². The highest BCUT2D eigenvalue weighted by Crippen LogP contribution is 2.33. The molecular weight excluding hydrogens is 264 g/mol. The Balaban J connectivity index is 2.32. The summed E-state index contributed by atoms with van der Waals surface area (Å²) in [5.74, 6) is 5.84. The van der Waals surface area contributed by atoms with Gasteiger partial charge < -0.3 is 9.47 Å². The van der Waals surface area contributed by atoms with E-state index in [4.69, 9.17) is 9.47 Å². The van der Waals surface area contributed by atoms with E-state index in [1.807, 2.05) is 6.92 Å². The second-order valence-electron chi connectivity index (χ2n) is 5.97. The maximum absolute atomic E-state index is 11.4. The van der Waals surface area contributed by atoms with Gasteiger partial charge in [-0.1, -0.05) is 30.1 Å². The summed E-state index contributed by atoms with van der Waals surface area (Å²) in [6.07, 6.45) is 5.75. The number of hydrogen-bond donors (Lipinski definition) is 0. The molecule has 0 unspecified atom stereocenters. The highest BCUT2D eigenvalue weighted by molar-refractivity contribution is 5.66. The minimum atomic E-state index is -0.481. The molecule has 0 saturated carbocycles. The van der Waals surface area contributed by atoms with Crippen molar-refractivity contribution in [2.24, 2.45) is 5.92 Å². The van der Waals surface area contributed by atoms with Crippen LogP contribution in [-0.2, 0) is 14.3 Å². The Hall–Kier alpha value is -1.53. The largest absolute Gasteiger partial charge is 0.449 e. The van der Waals surface area contributed by atoms with Crippen LogP contribution < -0.4 is 0 Å². The van der Waals surface area contributed by atoms with Crippen LogP contribution in [0.5, 0.6) is 0 Å². The van der Waals surface area contributed by atoms with Crippen LogP contribution in [-0.4, -0.2) is 24.3 Å². The molecule has 3 heteroatoms. The van der Waals surface area contributed by atoms with Crippen LogP contribution in [0, 0.1) is 17.8 Å². The van der Waals surface area contributed by atoms with E-state index in [2.05, 4.69) is 31.4 Å². The third-order valence-electron chi connectivity index (χ3n) is 4.06. The van der Waals surface area contributed by atoms with Gasteiger partial charge in [0, 0.05) is 13.3 Å². The molecule has 0 spiro atoms. The van der Waals surface area contributed by atoms with E-state index < -0.39 is 6.10 Å². The normalized spacial score (nSPS) is 32.2. The molecule has 2 heterocycles. The van der Waals surface area contributed by atoms with Crippen molar-refractivity contribution in [1.82, 2.24) is 0 Å². The van der Waals surface area contributed by atoms with Gasteiger partial charge >= 0.3 is 5.97 Å². The summed E-state index contributed by atoms with van der Waals surface area (Å²) in [5.41, 5.74) is 2.20. The molecule has 21 heavy (non-hydrogen) atoms. The van der Waals surface area contributed by atoms with Crippen LogP contribution in [0.2, 0.25) is 0 Å². The molecule has 2 bridgehead atoms. The lowest BCUT2D eigenvalue weighted by Crippen LogP contribution is -2.35. The second kappa shape index (κ2) is 6.95. The summed E-state index contributed by atoms with van der Waals surface area (Å²) >= 11 is 0. The van der Waals surface area contributed by atoms with Crippen molar-refractivity contribution < 1.29 is 14.3 Å². The highest BCUT2D eigenvalue weighted by Gasteiger charge is 2.36. The lowest BCUT2D eigenvalue weighted by Gasteiger charge is -2.28. The molecule has 0 fully saturated rings. The number of carbonyl (C=O) groups excluding carboxylic acids is 1. The maximum Gasteiger partial charge on any atom is 0.303 e. The average Bonchev–Trinajstić information content (AvgIpc) is 2.70. The standard InChI is InChI=1S/C18H24O3/c1-12(2)18-16(20-14(4)19)10-8-6-5-7-9-15-13(3)11-17(18)21-15/h11,15-18H,1,5-7,9H2,2-4H3/t15-,16+,17+,18+/m0/s1. The lowest BCUT2D eigenvalue weighted by atomic mass is 9.89. The molecule has 0 amide bonds. The van der Waals surface area contributed by atoms with E-state index in [1.165, 1.54) is 12.5 Å². The first-order chi connectivity index (χ1) is 9.99. The molecule has 0 saturated heterocycles. The number of rotatable bonds is 2. The van der Waals surface area contributed by atoms with Gasteiger partial charge in [0.25, 0.3) is 0 Å². The highest BCUT2D eigenvalue weighted by atomic mass is 16.5. The van der Waals surface area contributed by atoms with Gasteiger partial charge in [-0.25, -0.2) is 0 Å². The SMILES string of the molecule is C=C(C)[C@@H]1[C@H](OC(C)=O)C#CCCCC[C@@H]2O[C@@H]1C=C2C. The Bertz CT molecular complexity index is 506. The molecule has 3 nitrogen and oxygen atoms in total. The predicted octanol–water partition coefficient (Wildman–Crippen LogP) is 3.40. The van der Waals surface area contributed by atoms with Crippen LogP contribution in [0.3, 0.4) is 0 Å². The zero-order valence-corrected chi connectivity index (χ0v) is 13.1. The molecule has 0 aromatic carbocycles. The third-order valence-corrected chi connectivity index (χ3v) is 4.06. The van der Waals surface area contributed by atoms with E-state index in [0.717, 1.165) is 31.3 Å². The monoisotopic (exact) mass is 288 g/mol. The van der Waals surface area contributed by atoms with Gasteiger partial charge in [0.2, 0.25) is 0 Å². The van der Waals surface area contributed by atoms with Gasteiger partial charge in [0.05, 0.1) is 18.1 Å². The van der Waals surface area contributed by atoms with Crippen molar-refractivity contribution in [3.63, 3.8) is 0 Å². The van der Waals surface area contributed by atoms with Gasteiger partial charge in [-0.3, -0.25) is 4.79 Å². The Labute approximate surface area is 127 Å². The molecule has 2 rings (SSSR count). The third kappa shape index (κ3) is 3.98. The van der Waals surface area contributed by atoms with Crippen molar-refractivity contribution in [2.45, 2.75) is 64.8 Å². The smallest absolute Gasteiger partial charge is 0.303 e. The topological polar surface area (TPSA) is 35.5 Å². The quantitative estimate of drug-likeness (QED) is 0.444. The first-order valence-corrected chi connectivity index (χ1v) is 7.64. The van der Waals surface area contributed by atoms with Gasteiger partial charge in [0.15, 0.2) is 6.10 Å². The summed E-state index contributed by atoms with van der Waals surface area (Å²) in [4.78, 5) is 11.4. The minimum absolute atomic E-state index is 0.107. The number of esters is 1. The summed E-state index contributed by atoms with van der Waals surface area (Å²) in [7, 11) is 0. The molecule has 2 aliphatic heterocycles. The average molecular weight is 288 g/mol. The first kappa shape index (κ1) is 15.9. The Morgan fingerprint density at radius 1 is 1.43 bits per heavy atom. The molecule has 2 aliphatic rings. The van der Waals surface area contributed by atoms with Crippen molar-refractivity contribution in [1.29, 1.82) is 0 Å². The van der Waals surface area contributed by atoms with Crippen LogP contribution in [0.15, 0.2) is 23.8 Å². The minimum Gasteiger partial charge on any atom is -0.449 e. The van der Waals surface area contributed by atoms with E-state index in [1.54, 1.807) is 0 Å². The van der Waals surface area contributed by atoms with Crippen LogP contribution >= 0.6 is 0 Å². The summed E-state index contributed by atoms with van der Waals surface area (Å²) < 4.78 is 11.6. The number of carbonyl (C=O) groups is 1. The molecule has 114 valence electrons. The first-order valence-electron chi connectivity index (χ1n) is 7.64. The fourth-order valence-corrected chi connectivity index (χ4v) is 2.99. The van der Waals surface area contributed by atoms with Crippen molar-refractivity contribution in [3.05, 3.63) is 23.8 Å². The van der Waals surface area contributed by atoms with E-state index in [9.17, 15) is 4.79 Å². The number of hydrogen-bond acceptors (Lipinski definition) is 3. The zero-order chi connectivity index (χ0) is 15.4. The number of ether oxygens (including phenoxy) is 2. The maximum atomic E-state index is 11.4. The van der Waals surface area contributed by atoms with Crippen molar-refractivity contribution in [3.8, 4) is 11.8 Å². The fraction of sp³-hybridized carbons (Fsp3) is 0.611. The molecule has 0 N–H and O–H groups in total. The van der Waals surface area contributed by atoms with E-state index >= 15 is 0 Å². The fourth-order valence-electron chi connectivity index (χ4n) is 2.99. The molecule has 0 aromatic heterocycles. The lowest BCUT2D eigenvalue weighted by molar-refractivity contribution is -0.147. The van der Waals surface area contributed by atoms with Crippen molar-refractivity contribution in [2.75, 3.05) is 0 Å². The Kier molecular flexibility index (Phi) is 5.25. The van der Waals surface area contributed by atoms with Crippen LogP contribution in [0.4, 0.5) is 0 Å². The van der Waals surface area contributed by atoms with Gasteiger partial charge in [0.1, 0.15) is 0 Å². The molecule has 0 aliphatic carbocycles. The number of fused-ring (bicyclic) bond motifs is 2. The molecular formula is C18H24O3. The van der Waals surface area contributed by atoms with Gasteiger partial charge in [-0.05, 0) is 38.7 Å². The molecule has 0 radical (unpaired) electrons. The summed E-state index contributed by atoms with van der Waals surface area (Å²) in [6, 6.07) is 0. The van der Waals surface area contributed by atoms with Crippen molar-refractivity contribution >= 4 is 5.97 Å². The van der Waals surface area contributed by atoms with Crippen LogP contribution in [0.1, 0.15) is 46.5 Å². The Morgan fingerprint density at radius 2 is 2.19 bits per heavy atom. The van der Waals surface area contributed by atoms with Crippen LogP contribution in [0.25, 0.3) is 0 Å². The second-order valence-corrected chi connectivity index (χ2v) is 5.97.